The van der Waals surface area contributed by atoms with Gasteiger partial charge in [0.15, 0.2) is 5.41 Å². The minimum absolute atomic E-state index is 0.329. The molecule has 3 fully saturated rings. The van der Waals surface area contributed by atoms with Gasteiger partial charge >= 0.3 is 0 Å². The Hall–Kier alpha value is -2.59. The van der Waals surface area contributed by atoms with E-state index in [-0.39, 0.29) is 5.90 Å². The molecule has 1 aromatic carbocycles. The van der Waals surface area contributed by atoms with Gasteiger partial charge in [-0.1, -0.05) is 36.6 Å². The van der Waals surface area contributed by atoms with E-state index in [9.17, 15) is 15.8 Å². The fraction of sp³-hybridized carbons (Fsp3) is 0.500. The molecule has 4 unspecified atom stereocenters. The Bertz CT molecular complexity index is 929. The molecule has 27 heavy (non-hydrogen) atoms. The molecular weight excluding hydrogens is 364 g/mol. The van der Waals surface area contributed by atoms with Crippen molar-refractivity contribution >= 4 is 17.5 Å². The number of hydrogen-bond donors (Lipinski definition) is 1. The largest absolute Gasteiger partial charge is 0.447 e. The highest BCUT2D eigenvalue weighted by Crippen LogP contribution is 2.69. The van der Waals surface area contributed by atoms with Gasteiger partial charge in [0.05, 0.1) is 24.1 Å². The summed E-state index contributed by atoms with van der Waals surface area (Å²) < 4.78 is 12.3. The molecule has 0 radical (unpaired) electrons. The van der Waals surface area contributed by atoms with Crippen LogP contribution in [-0.4, -0.2) is 11.7 Å². The van der Waals surface area contributed by atoms with E-state index in [1.165, 1.54) is 0 Å². The normalized spacial score (nSPS) is 36.3. The lowest BCUT2D eigenvalue weighted by molar-refractivity contribution is -0.284. The highest BCUT2D eigenvalue weighted by atomic mass is 35.5. The zero-order chi connectivity index (χ0) is 19.3. The van der Waals surface area contributed by atoms with Crippen LogP contribution in [0, 0.1) is 56.2 Å². The van der Waals surface area contributed by atoms with Gasteiger partial charge in [-0.15, -0.1) is 0 Å². The highest BCUT2D eigenvalue weighted by Gasteiger charge is 2.80. The summed E-state index contributed by atoms with van der Waals surface area (Å²) in [5, 5.41) is 39.5. The fourth-order valence-electron chi connectivity index (χ4n) is 5.01. The first kappa shape index (κ1) is 17.8. The zero-order valence-corrected chi connectivity index (χ0v) is 15.3. The molecule has 2 aliphatic heterocycles. The van der Waals surface area contributed by atoms with Gasteiger partial charge in [0.25, 0.3) is 0 Å². The maximum atomic E-state index is 10.2. The Morgan fingerprint density at radius 3 is 2.56 bits per heavy atom. The summed E-state index contributed by atoms with van der Waals surface area (Å²) >= 11 is 6.13. The quantitative estimate of drug-likeness (QED) is 0.782. The van der Waals surface area contributed by atoms with E-state index in [0.29, 0.717) is 23.4 Å². The van der Waals surface area contributed by atoms with Gasteiger partial charge in [0.2, 0.25) is 17.1 Å². The van der Waals surface area contributed by atoms with Gasteiger partial charge in [0, 0.05) is 11.4 Å². The van der Waals surface area contributed by atoms with Crippen LogP contribution >= 0.6 is 11.6 Å². The number of nitriles is 3. The summed E-state index contributed by atoms with van der Waals surface area (Å²) in [5.41, 5.74) is -3.05. The van der Waals surface area contributed by atoms with Crippen molar-refractivity contribution in [3.05, 3.63) is 34.9 Å². The maximum absolute atomic E-state index is 10.2. The zero-order valence-electron chi connectivity index (χ0n) is 14.5. The molecule has 4 rings (SSSR count). The van der Waals surface area contributed by atoms with Crippen molar-refractivity contribution in [1.29, 1.82) is 21.2 Å². The Balaban J connectivity index is 2.01. The van der Waals surface area contributed by atoms with Crippen molar-refractivity contribution in [2.24, 2.45) is 16.7 Å². The van der Waals surface area contributed by atoms with Gasteiger partial charge < -0.3 is 9.47 Å². The first-order valence-corrected chi connectivity index (χ1v) is 9.32. The number of halogens is 1. The molecular formula is C20H17ClN4O2. The van der Waals surface area contributed by atoms with E-state index in [0.717, 1.165) is 19.3 Å². The monoisotopic (exact) mass is 380 g/mol. The van der Waals surface area contributed by atoms with E-state index >= 15 is 0 Å². The average molecular weight is 381 g/mol. The fourth-order valence-corrected chi connectivity index (χ4v) is 5.21. The number of nitrogens with zero attached hydrogens (tertiary/aromatic N) is 3. The second-order valence-corrected chi connectivity index (χ2v) is 7.84. The standard InChI is InChI=1S/C20H17ClN4O2/c21-14-6-4-5-13(9-14)16-18(10-22,11-23)19(12-24)15-7-2-1-3-8-20(15,26-16)27-17(19)25/h4-6,9,15-16,25H,1-3,7-8H2. The van der Waals surface area contributed by atoms with Crippen LogP contribution < -0.4 is 0 Å². The smallest absolute Gasteiger partial charge is 0.217 e. The van der Waals surface area contributed by atoms with Gasteiger partial charge in [-0.3, -0.25) is 5.41 Å². The van der Waals surface area contributed by atoms with Crippen LogP contribution in [0.4, 0.5) is 0 Å². The number of benzene rings is 1. The van der Waals surface area contributed by atoms with Gasteiger partial charge in [0.1, 0.15) is 6.10 Å². The summed E-state index contributed by atoms with van der Waals surface area (Å²) in [4.78, 5) is 0. The van der Waals surface area contributed by atoms with E-state index in [1.54, 1.807) is 24.3 Å². The van der Waals surface area contributed by atoms with Crippen LogP contribution in [0.25, 0.3) is 0 Å². The summed E-state index contributed by atoms with van der Waals surface area (Å²) in [5.74, 6) is -2.02. The number of ether oxygens (including phenoxy) is 2. The van der Waals surface area contributed by atoms with Gasteiger partial charge in [-0.05, 0) is 30.5 Å². The highest BCUT2D eigenvalue weighted by molar-refractivity contribution is 6.30. The van der Waals surface area contributed by atoms with Crippen molar-refractivity contribution < 1.29 is 9.47 Å². The van der Waals surface area contributed by atoms with Crippen molar-refractivity contribution in [2.45, 2.75) is 44.0 Å². The predicted molar refractivity (Wildman–Crippen MR) is 95.1 cm³/mol. The predicted octanol–water partition coefficient (Wildman–Crippen LogP) is 4.24. The lowest BCUT2D eigenvalue weighted by atomic mass is 9.52. The maximum Gasteiger partial charge on any atom is 0.217 e. The molecule has 2 saturated heterocycles. The molecule has 6 nitrogen and oxygen atoms in total. The van der Waals surface area contributed by atoms with Crippen LogP contribution in [0.5, 0.6) is 0 Å². The Morgan fingerprint density at radius 1 is 1.11 bits per heavy atom. The topological polar surface area (TPSA) is 114 Å². The van der Waals surface area contributed by atoms with E-state index < -0.39 is 28.6 Å². The van der Waals surface area contributed by atoms with Crippen LogP contribution in [-0.2, 0) is 9.47 Å². The SMILES string of the molecule is N#CC1(C#N)C(c2cccc(Cl)c2)OC23CCCCCC2C1(C#N)C(=N)O3. The second kappa shape index (κ2) is 5.96. The number of nitrogens with one attached hydrogen (secondary N) is 1. The van der Waals surface area contributed by atoms with Gasteiger partial charge in [-0.2, -0.15) is 15.8 Å². The van der Waals surface area contributed by atoms with Crippen LogP contribution in [0.1, 0.15) is 43.8 Å². The average Bonchev–Trinajstić information content (AvgIpc) is 2.80. The number of hydrogen-bond acceptors (Lipinski definition) is 6. The molecule has 1 aliphatic carbocycles. The second-order valence-electron chi connectivity index (χ2n) is 7.40. The van der Waals surface area contributed by atoms with Crippen molar-refractivity contribution in [2.75, 3.05) is 0 Å². The van der Waals surface area contributed by atoms with E-state index in [1.807, 2.05) is 0 Å². The lowest BCUT2D eigenvalue weighted by Crippen LogP contribution is -2.59. The molecule has 1 saturated carbocycles. The van der Waals surface area contributed by atoms with Gasteiger partial charge in [-0.25, -0.2) is 0 Å². The summed E-state index contributed by atoms with van der Waals surface area (Å²) in [7, 11) is 0. The first-order valence-electron chi connectivity index (χ1n) is 8.95. The molecule has 136 valence electrons. The first-order chi connectivity index (χ1) is 13.0. The molecule has 3 aliphatic rings. The minimum atomic E-state index is -1.90. The Morgan fingerprint density at radius 2 is 1.89 bits per heavy atom. The Labute approximate surface area is 162 Å². The van der Waals surface area contributed by atoms with Crippen LogP contribution in [0.15, 0.2) is 24.3 Å². The molecule has 0 amide bonds. The molecule has 1 N–H and O–H groups in total. The molecule has 1 aromatic rings. The van der Waals surface area contributed by atoms with Crippen LogP contribution in [0.2, 0.25) is 5.02 Å². The van der Waals surface area contributed by atoms with E-state index in [4.69, 9.17) is 26.5 Å². The molecule has 4 atom stereocenters. The molecule has 2 heterocycles. The molecule has 0 aromatic heterocycles. The van der Waals surface area contributed by atoms with Crippen molar-refractivity contribution in [3.63, 3.8) is 0 Å². The van der Waals surface area contributed by atoms with E-state index in [2.05, 4.69) is 18.2 Å². The van der Waals surface area contributed by atoms with Crippen molar-refractivity contribution in [1.82, 2.24) is 0 Å². The molecule has 0 spiro atoms. The van der Waals surface area contributed by atoms with Crippen molar-refractivity contribution in [3.8, 4) is 18.2 Å². The third kappa shape index (κ3) is 2.05. The molecule has 2 bridgehead atoms. The number of rotatable bonds is 1. The summed E-state index contributed by atoms with van der Waals surface area (Å²) in [6, 6.07) is 13.1. The third-order valence-corrected chi connectivity index (χ3v) is 6.45. The molecule has 7 heteroatoms. The summed E-state index contributed by atoms with van der Waals surface area (Å²) in [6.45, 7) is 0. The summed E-state index contributed by atoms with van der Waals surface area (Å²) in [6.07, 6.45) is 2.68. The van der Waals surface area contributed by atoms with Crippen LogP contribution in [0.3, 0.4) is 0 Å². The lowest BCUT2D eigenvalue weighted by Gasteiger charge is -2.49. The minimum Gasteiger partial charge on any atom is -0.447 e. The third-order valence-electron chi connectivity index (χ3n) is 6.22. The Kier molecular flexibility index (Phi) is 3.93.